The van der Waals surface area contributed by atoms with E-state index in [0.717, 1.165) is 37.1 Å². The van der Waals surface area contributed by atoms with Crippen LogP contribution in [0.1, 0.15) is 56.7 Å². The largest absolute Gasteiger partial charge is 0.478 e. The molecule has 0 unspecified atom stereocenters. The Bertz CT molecular complexity index is 1180. The Hall–Kier alpha value is -3.17. The van der Waals surface area contributed by atoms with E-state index in [1.54, 1.807) is 29.3 Å². The van der Waals surface area contributed by atoms with Crippen molar-refractivity contribution >= 4 is 23.5 Å². The maximum atomic E-state index is 13.0. The van der Waals surface area contributed by atoms with E-state index in [-0.39, 0.29) is 23.1 Å². The zero-order valence-electron chi connectivity index (χ0n) is 16.5. The van der Waals surface area contributed by atoms with Gasteiger partial charge in [-0.25, -0.2) is 14.5 Å². The van der Waals surface area contributed by atoms with Crippen LogP contribution in [-0.4, -0.2) is 42.9 Å². The lowest BCUT2D eigenvalue weighted by molar-refractivity contribution is 0.0681. The van der Waals surface area contributed by atoms with Gasteiger partial charge in [-0.15, -0.1) is 0 Å². The Balaban J connectivity index is 1.44. The van der Waals surface area contributed by atoms with Gasteiger partial charge in [0.05, 0.1) is 59.4 Å². The molecule has 1 atom stereocenters. The van der Waals surface area contributed by atoms with Crippen LogP contribution in [0.5, 0.6) is 0 Å². The molecular formula is C21H20ClN5O4. The Morgan fingerprint density at radius 2 is 2.13 bits per heavy atom. The van der Waals surface area contributed by atoms with Gasteiger partial charge in [0.2, 0.25) is 0 Å². The van der Waals surface area contributed by atoms with Crippen molar-refractivity contribution < 1.29 is 19.4 Å². The highest BCUT2D eigenvalue weighted by molar-refractivity contribution is 6.35. The van der Waals surface area contributed by atoms with Gasteiger partial charge in [-0.3, -0.25) is 4.79 Å². The van der Waals surface area contributed by atoms with Crippen LogP contribution in [0.15, 0.2) is 30.7 Å². The monoisotopic (exact) mass is 441 g/mol. The highest BCUT2D eigenvalue weighted by atomic mass is 35.5. The number of aromatic nitrogens is 4. The fraction of sp³-hybridized carbons (Fsp3) is 0.333. The Morgan fingerprint density at radius 3 is 2.97 bits per heavy atom. The first-order valence-electron chi connectivity index (χ1n) is 10.1. The van der Waals surface area contributed by atoms with Crippen molar-refractivity contribution in [3.8, 4) is 5.69 Å². The molecule has 1 aromatic carbocycles. The van der Waals surface area contributed by atoms with Gasteiger partial charge in [0.15, 0.2) is 0 Å². The molecule has 31 heavy (non-hydrogen) atoms. The zero-order chi connectivity index (χ0) is 21.5. The summed E-state index contributed by atoms with van der Waals surface area (Å²) in [6.07, 6.45) is 6.36. The number of aromatic carboxylic acids is 1. The van der Waals surface area contributed by atoms with Crippen LogP contribution in [0.25, 0.3) is 5.69 Å². The van der Waals surface area contributed by atoms with E-state index in [2.05, 4.69) is 15.4 Å². The third kappa shape index (κ3) is 3.39. The fourth-order valence-electron chi connectivity index (χ4n) is 4.21. The maximum Gasteiger partial charge on any atom is 0.337 e. The van der Waals surface area contributed by atoms with Crippen LogP contribution >= 0.6 is 11.6 Å². The van der Waals surface area contributed by atoms with Gasteiger partial charge in [0.1, 0.15) is 5.69 Å². The lowest BCUT2D eigenvalue weighted by Crippen LogP contribution is -2.35. The van der Waals surface area contributed by atoms with Crippen LogP contribution < -0.4 is 5.32 Å². The third-order valence-electron chi connectivity index (χ3n) is 5.77. The summed E-state index contributed by atoms with van der Waals surface area (Å²) < 4.78 is 9.33. The molecule has 0 aliphatic carbocycles. The first-order valence-corrected chi connectivity index (χ1v) is 10.4. The molecule has 4 heterocycles. The summed E-state index contributed by atoms with van der Waals surface area (Å²) in [7, 11) is 0. The number of aryl methyl sites for hydroxylation is 1. The number of nitrogens with one attached hydrogen (secondary N) is 1. The van der Waals surface area contributed by atoms with E-state index in [1.807, 2.05) is 4.57 Å². The number of imidazole rings is 1. The lowest BCUT2D eigenvalue weighted by Gasteiger charge is -2.25. The molecule has 0 spiro atoms. The standard InChI is InChI=1S/C21H20ClN5O4/c22-18-12(21(29)30)4-3-6-15(18)27-17-10-31-9-14(13(17)8-24-27)25-20(28)19-16-5-1-2-7-26(16)11-23-19/h3-4,6,8,11,14H,1-2,5,7,9-10H2,(H,25,28)(H,29,30)/t14-/m0/s1. The topological polar surface area (TPSA) is 111 Å². The summed E-state index contributed by atoms with van der Waals surface area (Å²) >= 11 is 6.33. The number of hydrogen-bond acceptors (Lipinski definition) is 5. The minimum atomic E-state index is -1.11. The first kappa shape index (κ1) is 19.8. The molecule has 2 aromatic heterocycles. The van der Waals surface area contributed by atoms with Crippen molar-refractivity contribution in [2.24, 2.45) is 0 Å². The number of hydrogen-bond donors (Lipinski definition) is 2. The number of carbonyl (C=O) groups excluding carboxylic acids is 1. The van der Waals surface area contributed by atoms with Crippen LogP contribution in [0.4, 0.5) is 0 Å². The molecule has 3 aromatic rings. The number of carboxylic acids is 1. The lowest BCUT2D eigenvalue weighted by atomic mass is 10.0. The van der Waals surface area contributed by atoms with Crippen LogP contribution in [0.2, 0.25) is 5.02 Å². The van der Waals surface area contributed by atoms with E-state index in [4.69, 9.17) is 16.3 Å². The molecule has 2 aliphatic rings. The summed E-state index contributed by atoms with van der Waals surface area (Å²) in [6, 6.07) is 4.35. The highest BCUT2D eigenvalue weighted by Crippen LogP contribution is 2.31. The van der Waals surface area contributed by atoms with Gasteiger partial charge in [-0.2, -0.15) is 5.10 Å². The van der Waals surface area contributed by atoms with E-state index in [1.165, 1.54) is 6.07 Å². The Kier molecular flexibility index (Phi) is 4.99. The molecule has 160 valence electrons. The second kappa shape index (κ2) is 7.82. The Morgan fingerprint density at radius 1 is 1.26 bits per heavy atom. The molecule has 0 saturated carbocycles. The van der Waals surface area contributed by atoms with E-state index < -0.39 is 12.0 Å². The average Bonchev–Trinajstić information content (AvgIpc) is 3.39. The van der Waals surface area contributed by atoms with Gasteiger partial charge in [0, 0.05) is 12.1 Å². The smallest absolute Gasteiger partial charge is 0.337 e. The second-order valence-electron chi connectivity index (χ2n) is 7.63. The fourth-order valence-corrected chi connectivity index (χ4v) is 4.50. The number of nitrogens with zero attached hydrogens (tertiary/aromatic N) is 4. The number of ether oxygens (including phenoxy) is 1. The van der Waals surface area contributed by atoms with Crippen LogP contribution in [0, 0.1) is 0 Å². The minimum absolute atomic E-state index is 0.00504. The second-order valence-corrected chi connectivity index (χ2v) is 8.01. The van der Waals surface area contributed by atoms with Gasteiger partial charge < -0.3 is 19.7 Å². The summed E-state index contributed by atoms with van der Waals surface area (Å²) in [4.78, 5) is 28.7. The number of halogens is 1. The van der Waals surface area contributed by atoms with Crippen molar-refractivity contribution in [2.45, 2.75) is 38.5 Å². The molecule has 9 nitrogen and oxygen atoms in total. The molecule has 10 heteroatoms. The molecule has 0 fully saturated rings. The number of fused-ring (bicyclic) bond motifs is 2. The number of benzene rings is 1. The molecule has 5 rings (SSSR count). The van der Waals surface area contributed by atoms with Gasteiger partial charge in [-0.05, 0) is 31.4 Å². The third-order valence-corrected chi connectivity index (χ3v) is 6.16. The van der Waals surface area contributed by atoms with Crippen molar-refractivity contribution in [3.63, 3.8) is 0 Å². The summed E-state index contributed by atoms with van der Waals surface area (Å²) in [5.41, 5.74) is 3.39. The average molecular weight is 442 g/mol. The van der Waals surface area contributed by atoms with Gasteiger partial charge >= 0.3 is 5.97 Å². The van der Waals surface area contributed by atoms with E-state index in [0.29, 0.717) is 23.7 Å². The quantitative estimate of drug-likeness (QED) is 0.644. The SMILES string of the molecule is O=C(O)c1cccc(-n2ncc3c2COC[C@@H]3NC(=O)c2ncn3c2CCCC3)c1Cl. The Labute approximate surface area is 182 Å². The summed E-state index contributed by atoms with van der Waals surface area (Å²) in [6.45, 7) is 1.47. The summed E-state index contributed by atoms with van der Waals surface area (Å²) in [5, 5.41) is 16.9. The van der Waals surface area contributed by atoms with Crippen LogP contribution in [0.3, 0.4) is 0 Å². The predicted molar refractivity (Wildman–Crippen MR) is 111 cm³/mol. The van der Waals surface area contributed by atoms with Crippen LogP contribution in [-0.2, 0) is 24.3 Å². The molecule has 0 saturated heterocycles. The summed E-state index contributed by atoms with van der Waals surface area (Å²) in [5.74, 6) is -1.35. The van der Waals surface area contributed by atoms with Gasteiger partial charge in [-0.1, -0.05) is 17.7 Å². The molecule has 1 amide bonds. The molecule has 0 bridgehead atoms. The van der Waals surface area contributed by atoms with Crippen molar-refractivity contribution in [1.82, 2.24) is 24.6 Å². The molecular weight excluding hydrogens is 422 g/mol. The van der Waals surface area contributed by atoms with E-state index >= 15 is 0 Å². The first-order chi connectivity index (χ1) is 15.0. The molecule has 2 N–H and O–H groups in total. The molecule has 0 radical (unpaired) electrons. The van der Waals surface area contributed by atoms with E-state index in [9.17, 15) is 14.7 Å². The highest BCUT2D eigenvalue weighted by Gasteiger charge is 2.30. The zero-order valence-corrected chi connectivity index (χ0v) is 17.3. The minimum Gasteiger partial charge on any atom is -0.478 e. The van der Waals surface area contributed by atoms with Crippen molar-refractivity contribution in [3.05, 3.63) is 64.0 Å². The van der Waals surface area contributed by atoms with Crippen molar-refractivity contribution in [2.75, 3.05) is 6.61 Å². The van der Waals surface area contributed by atoms with Crippen molar-refractivity contribution in [1.29, 1.82) is 0 Å². The number of rotatable bonds is 4. The van der Waals surface area contributed by atoms with Gasteiger partial charge in [0.25, 0.3) is 5.91 Å². The normalized spacial score (nSPS) is 17.6. The molecule has 2 aliphatic heterocycles. The maximum absolute atomic E-state index is 13.0. The number of carbonyl (C=O) groups is 2. The number of amides is 1. The number of carboxylic acid groups (broad SMARTS) is 1. The predicted octanol–water partition coefficient (Wildman–Crippen LogP) is 2.76.